The number of benzene rings is 1. The Morgan fingerprint density at radius 1 is 1.29 bits per heavy atom. The third-order valence-corrected chi connectivity index (χ3v) is 4.71. The molecule has 1 aromatic heterocycles. The van der Waals surface area contributed by atoms with Crippen molar-refractivity contribution in [1.29, 1.82) is 0 Å². The summed E-state index contributed by atoms with van der Waals surface area (Å²) >= 11 is 5.97. The number of carboxylic acids is 1. The Morgan fingerprint density at radius 3 is 2.75 bits per heavy atom. The normalized spacial score (nSPS) is 17.8. The number of piperidine rings is 1. The van der Waals surface area contributed by atoms with Crippen molar-refractivity contribution in [3.05, 3.63) is 58.4 Å². The summed E-state index contributed by atoms with van der Waals surface area (Å²) in [4.78, 5) is 25.7. The minimum absolute atomic E-state index is 0.0384. The molecule has 5 nitrogen and oxygen atoms in total. The van der Waals surface area contributed by atoms with Crippen molar-refractivity contribution in [3.63, 3.8) is 0 Å². The fourth-order valence-electron chi connectivity index (χ4n) is 3.26. The molecule has 0 radical (unpaired) electrons. The first kappa shape index (κ1) is 16.6. The molecule has 1 unspecified atom stereocenters. The number of halogens is 1. The van der Waals surface area contributed by atoms with Crippen LogP contribution in [0.2, 0.25) is 5.02 Å². The van der Waals surface area contributed by atoms with Gasteiger partial charge in [0.1, 0.15) is 5.69 Å². The topological polar surface area (TPSA) is 62.5 Å². The summed E-state index contributed by atoms with van der Waals surface area (Å²) in [5, 5.41) is 9.69. The Hall–Kier alpha value is -2.27. The molecule has 1 atom stereocenters. The molecule has 1 aliphatic heterocycles. The van der Waals surface area contributed by atoms with Crippen LogP contribution in [0.4, 0.5) is 0 Å². The van der Waals surface area contributed by atoms with Crippen molar-refractivity contribution in [1.82, 2.24) is 9.47 Å². The van der Waals surface area contributed by atoms with Gasteiger partial charge in [-0.25, -0.2) is 4.79 Å². The Balaban J connectivity index is 1.79. The summed E-state index contributed by atoms with van der Waals surface area (Å²) in [6.45, 7) is 1.29. The molecule has 0 aliphatic carbocycles. The van der Waals surface area contributed by atoms with E-state index in [1.54, 1.807) is 42.1 Å². The molecular formula is C18H19ClN2O3. The second-order valence-electron chi connectivity index (χ2n) is 6.18. The Labute approximate surface area is 145 Å². The van der Waals surface area contributed by atoms with E-state index >= 15 is 0 Å². The zero-order valence-electron chi connectivity index (χ0n) is 13.4. The van der Waals surface area contributed by atoms with Crippen LogP contribution >= 0.6 is 11.6 Å². The first-order valence-corrected chi connectivity index (χ1v) is 8.28. The van der Waals surface area contributed by atoms with Crippen molar-refractivity contribution in [2.45, 2.75) is 18.8 Å². The monoisotopic (exact) mass is 346 g/mol. The van der Waals surface area contributed by atoms with E-state index in [2.05, 4.69) is 0 Å². The van der Waals surface area contributed by atoms with Gasteiger partial charge in [0, 0.05) is 32.3 Å². The fourth-order valence-corrected chi connectivity index (χ4v) is 3.51. The predicted molar refractivity (Wildman–Crippen MR) is 91.7 cm³/mol. The van der Waals surface area contributed by atoms with Crippen LogP contribution in [-0.4, -0.2) is 39.5 Å². The molecule has 1 fully saturated rings. The number of hydrogen-bond donors (Lipinski definition) is 1. The van der Waals surface area contributed by atoms with Gasteiger partial charge in [0.25, 0.3) is 5.91 Å². The van der Waals surface area contributed by atoms with Crippen LogP contribution in [0.5, 0.6) is 0 Å². The average molecular weight is 347 g/mol. The second-order valence-corrected chi connectivity index (χ2v) is 6.61. The number of amides is 1. The van der Waals surface area contributed by atoms with E-state index in [4.69, 9.17) is 16.7 Å². The maximum absolute atomic E-state index is 12.7. The molecule has 1 amide bonds. The Morgan fingerprint density at radius 2 is 2.08 bits per heavy atom. The van der Waals surface area contributed by atoms with E-state index in [0.29, 0.717) is 23.8 Å². The number of carbonyl (C=O) groups is 2. The van der Waals surface area contributed by atoms with Gasteiger partial charge < -0.3 is 14.6 Å². The summed E-state index contributed by atoms with van der Waals surface area (Å²) in [6.07, 6.45) is 3.55. The highest BCUT2D eigenvalue weighted by Crippen LogP contribution is 2.28. The highest BCUT2D eigenvalue weighted by molar-refractivity contribution is 6.31. The standard InChI is InChI=1S/C18H19ClN2O3/c1-20-11-15(19)9-16(20)17(22)21-7-3-6-14(10-21)12-4-2-5-13(8-12)18(23)24/h2,4-5,8-9,11,14H,3,6-7,10H2,1H3,(H,23,24). The van der Waals surface area contributed by atoms with Gasteiger partial charge in [-0.15, -0.1) is 0 Å². The molecule has 3 rings (SSSR count). The maximum Gasteiger partial charge on any atom is 0.335 e. The van der Waals surface area contributed by atoms with Crippen molar-refractivity contribution in [2.24, 2.45) is 7.05 Å². The number of aryl methyl sites for hydroxylation is 1. The number of nitrogens with zero attached hydrogens (tertiary/aromatic N) is 2. The zero-order valence-corrected chi connectivity index (χ0v) is 14.2. The molecule has 1 aliphatic rings. The van der Waals surface area contributed by atoms with E-state index < -0.39 is 5.97 Å². The average Bonchev–Trinajstić information content (AvgIpc) is 2.92. The first-order valence-electron chi connectivity index (χ1n) is 7.90. The van der Waals surface area contributed by atoms with Gasteiger partial charge in [-0.05, 0) is 36.6 Å². The highest BCUT2D eigenvalue weighted by atomic mass is 35.5. The lowest BCUT2D eigenvalue weighted by Gasteiger charge is -2.33. The number of carboxylic acid groups (broad SMARTS) is 1. The summed E-state index contributed by atoms with van der Waals surface area (Å²) in [6, 6.07) is 8.67. The first-order chi connectivity index (χ1) is 11.5. The van der Waals surface area contributed by atoms with Gasteiger partial charge in [-0.2, -0.15) is 0 Å². The van der Waals surface area contributed by atoms with Crippen LogP contribution in [-0.2, 0) is 7.05 Å². The molecule has 0 spiro atoms. The second kappa shape index (κ2) is 6.69. The quantitative estimate of drug-likeness (QED) is 0.926. The number of carbonyl (C=O) groups excluding carboxylic acids is 1. The van der Waals surface area contributed by atoms with Gasteiger partial charge in [-0.3, -0.25) is 4.79 Å². The van der Waals surface area contributed by atoms with Crippen LogP contribution in [0.15, 0.2) is 36.5 Å². The lowest BCUT2D eigenvalue weighted by molar-refractivity contribution is 0.0684. The van der Waals surface area contributed by atoms with E-state index in [1.165, 1.54) is 0 Å². The van der Waals surface area contributed by atoms with Crippen LogP contribution in [0, 0.1) is 0 Å². The van der Waals surface area contributed by atoms with E-state index in [1.807, 2.05) is 11.0 Å². The van der Waals surface area contributed by atoms with E-state index in [-0.39, 0.29) is 17.4 Å². The Kier molecular flexibility index (Phi) is 4.62. The van der Waals surface area contributed by atoms with Gasteiger partial charge in [-0.1, -0.05) is 23.7 Å². The molecule has 0 bridgehead atoms. The van der Waals surface area contributed by atoms with Gasteiger partial charge in [0.05, 0.1) is 10.6 Å². The Bertz CT molecular complexity index is 784. The lowest BCUT2D eigenvalue weighted by atomic mass is 9.89. The number of aromatic nitrogens is 1. The molecule has 1 saturated heterocycles. The molecular weight excluding hydrogens is 328 g/mol. The van der Waals surface area contributed by atoms with Crippen LogP contribution in [0.3, 0.4) is 0 Å². The van der Waals surface area contributed by atoms with Crippen molar-refractivity contribution in [3.8, 4) is 0 Å². The summed E-state index contributed by atoms with van der Waals surface area (Å²) in [5.74, 6) is -0.819. The minimum atomic E-state index is -0.931. The van der Waals surface area contributed by atoms with Gasteiger partial charge >= 0.3 is 5.97 Å². The molecule has 1 aromatic carbocycles. The van der Waals surface area contributed by atoms with Gasteiger partial charge in [0.15, 0.2) is 0 Å². The molecule has 0 saturated carbocycles. The summed E-state index contributed by atoms with van der Waals surface area (Å²) in [5.41, 5.74) is 1.82. The number of hydrogen-bond acceptors (Lipinski definition) is 2. The largest absolute Gasteiger partial charge is 0.478 e. The molecule has 2 heterocycles. The van der Waals surface area contributed by atoms with Gasteiger partial charge in [0.2, 0.25) is 0 Å². The zero-order chi connectivity index (χ0) is 17.3. The summed E-state index contributed by atoms with van der Waals surface area (Å²) < 4.78 is 1.74. The third-order valence-electron chi connectivity index (χ3n) is 4.50. The molecule has 126 valence electrons. The van der Waals surface area contributed by atoms with Crippen molar-refractivity contribution < 1.29 is 14.7 Å². The SMILES string of the molecule is Cn1cc(Cl)cc1C(=O)N1CCCC(c2cccc(C(=O)O)c2)C1. The van der Waals surface area contributed by atoms with E-state index in [0.717, 1.165) is 18.4 Å². The highest BCUT2D eigenvalue weighted by Gasteiger charge is 2.27. The number of aromatic carboxylic acids is 1. The lowest BCUT2D eigenvalue weighted by Crippen LogP contribution is -2.39. The minimum Gasteiger partial charge on any atom is -0.478 e. The fraction of sp³-hybridized carbons (Fsp3) is 0.333. The van der Waals surface area contributed by atoms with Crippen LogP contribution in [0.1, 0.15) is 45.2 Å². The van der Waals surface area contributed by atoms with Crippen molar-refractivity contribution in [2.75, 3.05) is 13.1 Å². The number of likely N-dealkylation sites (tertiary alicyclic amines) is 1. The molecule has 2 aromatic rings. The van der Waals surface area contributed by atoms with Crippen molar-refractivity contribution >= 4 is 23.5 Å². The predicted octanol–water partition coefficient (Wildman–Crippen LogP) is 3.40. The van der Waals surface area contributed by atoms with Crippen LogP contribution in [0.25, 0.3) is 0 Å². The molecule has 24 heavy (non-hydrogen) atoms. The summed E-state index contributed by atoms with van der Waals surface area (Å²) in [7, 11) is 1.80. The molecule has 1 N–H and O–H groups in total. The van der Waals surface area contributed by atoms with Crippen LogP contribution < -0.4 is 0 Å². The van der Waals surface area contributed by atoms with E-state index in [9.17, 15) is 9.59 Å². The maximum atomic E-state index is 12.7. The number of rotatable bonds is 3. The molecule has 6 heteroatoms. The smallest absolute Gasteiger partial charge is 0.335 e. The third kappa shape index (κ3) is 3.31.